The number of benzene rings is 2. The van der Waals surface area contributed by atoms with E-state index >= 15 is 0 Å². The molecular weight excluding hydrogens is 319 g/mol. The summed E-state index contributed by atoms with van der Waals surface area (Å²) < 4.78 is 14.6. The van der Waals surface area contributed by atoms with Crippen molar-refractivity contribution in [3.63, 3.8) is 0 Å². The van der Waals surface area contributed by atoms with Gasteiger partial charge in [-0.1, -0.05) is 42.5 Å². The van der Waals surface area contributed by atoms with Gasteiger partial charge >= 0.3 is 0 Å². The molecule has 1 N–H and O–H groups in total. The van der Waals surface area contributed by atoms with Crippen LogP contribution >= 0.6 is 0 Å². The maximum Gasteiger partial charge on any atom is 0.252 e. The number of carbonyl (C=O) groups excluding carboxylic acids is 1. The average molecular weight is 336 g/mol. The van der Waals surface area contributed by atoms with Gasteiger partial charge in [0.15, 0.2) is 0 Å². The molecule has 5 heteroatoms. The number of hydrogen-bond donors (Lipinski definition) is 1. The molecule has 0 unspecified atom stereocenters. The molecular formula is C20H17FN2O2. The van der Waals surface area contributed by atoms with Crippen LogP contribution in [0.4, 0.5) is 4.39 Å². The molecule has 2 aromatic carbocycles. The topological polar surface area (TPSA) is 51.1 Å². The second kappa shape index (κ2) is 7.13. The predicted molar refractivity (Wildman–Crippen MR) is 93.8 cm³/mol. The summed E-state index contributed by atoms with van der Waals surface area (Å²) in [6.07, 6.45) is 1.55. The number of hydrogen-bond acceptors (Lipinski definition) is 2. The van der Waals surface area contributed by atoms with Gasteiger partial charge in [-0.05, 0) is 29.3 Å². The summed E-state index contributed by atoms with van der Waals surface area (Å²) in [6, 6.07) is 17.8. The van der Waals surface area contributed by atoms with Crippen molar-refractivity contribution >= 4 is 5.91 Å². The van der Waals surface area contributed by atoms with E-state index in [1.807, 2.05) is 30.3 Å². The maximum atomic E-state index is 13.2. The first kappa shape index (κ1) is 16.6. The highest BCUT2D eigenvalue weighted by Gasteiger charge is 2.18. The van der Waals surface area contributed by atoms with E-state index in [4.69, 9.17) is 0 Å². The summed E-state index contributed by atoms with van der Waals surface area (Å²) in [5.41, 5.74) is 1.65. The summed E-state index contributed by atoms with van der Waals surface area (Å²) >= 11 is 0. The molecule has 0 fully saturated rings. The molecule has 3 aromatic rings. The lowest BCUT2D eigenvalue weighted by Crippen LogP contribution is -2.30. The summed E-state index contributed by atoms with van der Waals surface area (Å²) in [5, 5.41) is 2.92. The second-order valence-electron chi connectivity index (χ2n) is 5.73. The molecule has 1 atom stereocenters. The minimum absolute atomic E-state index is 0.259. The minimum atomic E-state index is -0.446. The standard InChI is InChI=1S/C20H17FN2O2/c1-23-12-11-16(13-18(23)24)20(25)22-19(14-5-3-2-4-6-14)15-7-9-17(21)10-8-15/h2-13,19H,1H3,(H,22,25)/t19-/m0/s1. The van der Waals surface area contributed by atoms with E-state index in [1.54, 1.807) is 31.4 Å². The molecule has 0 bridgehead atoms. The van der Waals surface area contributed by atoms with Crippen LogP contribution in [0, 0.1) is 5.82 Å². The molecule has 0 aliphatic carbocycles. The van der Waals surface area contributed by atoms with Gasteiger partial charge in [-0.3, -0.25) is 9.59 Å². The van der Waals surface area contributed by atoms with Gasteiger partial charge in [-0.2, -0.15) is 0 Å². The van der Waals surface area contributed by atoms with Crippen molar-refractivity contribution in [2.24, 2.45) is 7.05 Å². The Morgan fingerprint density at radius 1 is 1.00 bits per heavy atom. The van der Waals surface area contributed by atoms with Gasteiger partial charge < -0.3 is 9.88 Å². The zero-order valence-corrected chi connectivity index (χ0v) is 13.6. The van der Waals surface area contributed by atoms with E-state index in [0.29, 0.717) is 0 Å². The largest absolute Gasteiger partial charge is 0.341 e. The van der Waals surface area contributed by atoms with E-state index in [1.165, 1.54) is 22.8 Å². The zero-order chi connectivity index (χ0) is 17.8. The van der Waals surface area contributed by atoms with Crippen LogP contribution in [0.1, 0.15) is 27.5 Å². The number of aromatic nitrogens is 1. The Kier molecular flexibility index (Phi) is 4.75. The summed E-state index contributed by atoms with van der Waals surface area (Å²) in [7, 11) is 1.62. The van der Waals surface area contributed by atoms with Crippen LogP contribution in [0.3, 0.4) is 0 Å². The van der Waals surface area contributed by atoms with Crippen LogP contribution < -0.4 is 10.9 Å². The van der Waals surface area contributed by atoms with Gasteiger partial charge in [0.2, 0.25) is 0 Å². The Balaban J connectivity index is 1.94. The van der Waals surface area contributed by atoms with Crippen LogP contribution in [0.15, 0.2) is 77.7 Å². The highest BCUT2D eigenvalue weighted by Crippen LogP contribution is 2.22. The highest BCUT2D eigenvalue weighted by atomic mass is 19.1. The highest BCUT2D eigenvalue weighted by molar-refractivity contribution is 5.94. The number of amides is 1. The van der Waals surface area contributed by atoms with Crippen LogP contribution in [-0.4, -0.2) is 10.5 Å². The quantitative estimate of drug-likeness (QED) is 0.796. The molecule has 25 heavy (non-hydrogen) atoms. The third kappa shape index (κ3) is 3.83. The number of halogens is 1. The van der Waals surface area contributed by atoms with Crippen LogP contribution in [0.5, 0.6) is 0 Å². The first-order chi connectivity index (χ1) is 12.0. The van der Waals surface area contributed by atoms with Gasteiger partial charge in [-0.25, -0.2) is 4.39 Å². The number of carbonyl (C=O) groups is 1. The normalized spacial score (nSPS) is 11.8. The van der Waals surface area contributed by atoms with E-state index < -0.39 is 6.04 Å². The van der Waals surface area contributed by atoms with Gasteiger partial charge in [0.1, 0.15) is 5.82 Å². The summed E-state index contributed by atoms with van der Waals surface area (Å²) in [4.78, 5) is 24.3. The van der Waals surface area contributed by atoms with Crippen molar-refractivity contribution in [2.45, 2.75) is 6.04 Å². The number of nitrogens with one attached hydrogen (secondary N) is 1. The molecule has 0 saturated heterocycles. The Morgan fingerprint density at radius 2 is 1.64 bits per heavy atom. The monoisotopic (exact) mass is 336 g/mol. The molecule has 0 radical (unpaired) electrons. The third-order valence-corrected chi connectivity index (χ3v) is 3.98. The lowest BCUT2D eigenvalue weighted by Gasteiger charge is -2.20. The number of aryl methyl sites for hydroxylation is 1. The molecule has 3 rings (SSSR count). The van der Waals surface area contributed by atoms with E-state index in [9.17, 15) is 14.0 Å². The van der Waals surface area contributed by atoms with Crippen molar-refractivity contribution in [2.75, 3.05) is 0 Å². The lowest BCUT2D eigenvalue weighted by molar-refractivity contribution is 0.0942. The minimum Gasteiger partial charge on any atom is -0.341 e. The Hall–Kier alpha value is -3.21. The molecule has 0 spiro atoms. The van der Waals surface area contributed by atoms with Crippen molar-refractivity contribution in [1.82, 2.24) is 9.88 Å². The van der Waals surface area contributed by atoms with Gasteiger partial charge in [0, 0.05) is 24.9 Å². The molecule has 1 aromatic heterocycles. The third-order valence-electron chi connectivity index (χ3n) is 3.98. The van der Waals surface area contributed by atoms with Crippen LogP contribution in [0.25, 0.3) is 0 Å². The molecule has 1 heterocycles. The molecule has 0 aliphatic rings. The van der Waals surface area contributed by atoms with Crippen LogP contribution in [0.2, 0.25) is 0 Å². The Labute approximate surface area is 144 Å². The van der Waals surface area contributed by atoms with Gasteiger partial charge in [0.05, 0.1) is 6.04 Å². The fourth-order valence-corrected chi connectivity index (χ4v) is 2.56. The molecule has 1 amide bonds. The van der Waals surface area contributed by atoms with E-state index in [2.05, 4.69) is 5.32 Å². The zero-order valence-electron chi connectivity index (χ0n) is 13.6. The Morgan fingerprint density at radius 3 is 2.28 bits per heavy atom. The van der Waals surface area contributed by atoms with Crippen molar-refractivity contribution in [3.05, 3.63) is 106 Å². The first-order valence-corrected chi connectivity index (χ1v) is 7.82. The fourth-order valence-electron chi connectivity index (χ4n) is 2.56. The molecule has 0 aliphatic heterocycles. The molecule has 4 nitrogen and oxygen atoms in total. The predicted octanol–water partition coefficient (Wildman–Crippen LogP) is 3.04. The van der Waals surface area contributed by atoms with E-state index in [0.717, 1.165) is 11.1 Å². The van der Waals surface area contributed by atoms with E-state index in [-0.39, 0.29) is 22.8 Å². The maximum absolute atomic E-state index is 13.2. The average Bonchev–Trinajstić information content (AvgIpc) is 2.63. The number of nitrogens with zero attached hydrogens (tertiary/aromatic N) is 1. The first-order valence-electron chi connectivity index (χ1n) is 7.82. The van der Waals surface area contributed by atoms with Gasteiger partial charge in [-0.15, -0.1) is 0 Å². The SMILES string of the molecule is Cn1ccc(C(=O)N[C@@H](c2ccccc2)c2ccc(F)cc2)cc1=O. The van der Waals surface area contributed by atoms with Crippen molar-refractivity contribution < 1.29 is 9.18 Å². The van der Waals surface area contributed by atoms with Gasteiger partial charge in [0.25, 0.3) is 11.5 Å². The summed E-state index contributed by atoms with van der Waals surface area (Å²) in [6.45, 7) is 0. The number of rotatable bonds is 4. The smallest absolute Gasteiger partial charge is 0.252 e. The second-order valence-corrected chi connectivity index (χ2v) is 5.73. The lowest BCUT2D eigenvalue weighted by atomic mass is 9.98. The van der Waals surface area contributed by atoms with Crippen molar-refractivity contribution in [3.8, 4) is 0 Å². The molecule has 126 valence electrons. The van der Waals surface area contributed by atoms with Crippen molar-refractivity contribution in [1.29, 1.82) is 0 Å². The molecule has 0 saturated carbocycles. The number of pyridine rings is 1. The fraction of sp³-hybridized carbons (Fsp3) is 0.100. The summed E-state index contributed by atoms with van der Waals surface area (Å²) in [5.74, 6) is -0.704. The van der Waals surface area contributed by atoms with Crippen LogP contribution in [-0.2, 0) is 7.05 Å². The Bertz CT molecular complexity index is 934.